The molecule has 0 aromatic rings. The Hall–Kier alpha value is -2.82. The summed E-state index contributed by atoms with van der Waals surface area (Å²) in [5.41, 5.74) is 0. The van der Waals surface area contributed by atoms with Crippen LogP contribution in [0.5, 0.6) is 0 Å². The average molecular weight is 458 g/mol. The molecule has 0 aliphatic rings. The van der Waals surface area contributed by atoms with Crippen LogP contribution in [0.4, 0.5) is 0 Å². The second-order valence-electron chi connectivity index (χ2n) is 7.77. The third-order valence-corrected chi connectivity index (χ3v) is 4.98. The number of rotatable bonds is 18. The van der Waals surface area contributed by atoms with Crippen molar-refractivity contribution in [2.24, 2.45) is 5.92 Å². The molecular weight excluding hydrogens is 422 g/mol. The van der Waals surface area contributed by atoms with Gasteiger partial charge in [0.05, 0.1) is 12.0 Å². The van der Waals surface area contributed by atoms with Crippen molar-refractivity contribution in [1.82, 2.24) is 16.0 Å². The van der Waals surface area contributed by atoms with Crippen LogP contribution in [0.25, 0.3) is 0 Å². The van der Waals surface area contributed by atoms with Crippen LogP contribution >= 0.6 is 0 Å². The fraction of sp³-hybridized carbons (Fsp3) is 0.714. The second kappa shape index (κ2) is 15.9. The van der Waals surface area contributed by atoms with Crippen LogP contribution in [0.1, 0.15) is 65.2 Å². The normalized spacial score (nSPS) is 13.5. The van der Waals surface area contributed by atoms with Gasteiger partial charge in [-0.2, -0.15) is 0 Å². The summed E-state index contributed by atoms with van der Waals surface area (Å²) >= 11 is 0. The van der Waals surface area contributed by atoms with Gasteiger partial charge in [-0.1, -0.05) is 0 Å². The molecule has 0 aliphatic carbocycles. The van der Waals surface area contributed by atoms with E-state index < -0.39 is 29.8 Å². The Bertz CT molecular complexity index is 680. The van der Waals surface area contributed by atoms with Gasteiger partial charge in [0, 0.05) is 25.8 Å². The standard InChI is InChI=1S/C21H35N3O8/c1-13(25)12-15(20(29)30)7-9-19(28)24-17(21(31)32)8-10-18(27)23-11-5-4-6-16(22-3)14(2)26/h15-17,22H,4-12H2,1-3H3,(H,23,27)(H,24,28)(H,29,30)(H,31,32). The number of hydrogen-bond acceptors (Lipinski definition) is 7. The van der Waals surface area contributed by atoms with Gasteiger partial charge < -0.3 is 31.0 Å². The number of carboxylic acid groups (broad SMARTS) is 2. The SMILES string of the molecule is CNC(CCCCNC(=O)CCC(NC(=O)CCC(CC(C)=O)C(=O)O)C(=O)O)C(C)=O. The molecule has 0 heterocycles. The van der Waals surface area contributed by atoms with E-state index in [0.717, 1.165) is 6.42 Å². The summed E-state index contributed by atoms with van der Waals surface area (Å²) in [6.45, 7) is 3.16. The maximum absolute atomic E-state index is 12.0. The molecule has 11 nitrogen and oxygen atoms in total. The summed E-state index contributed by atoms with van der Waals surface area (Å²) in [6, 6.07) is -1.49. The van der Waals surface area contributed by atoms with E-state index in [1.165, 1.54) is 13.8 Å². The zero-order valence-electron chi connectivity index (χ0n) is 18.9. The molecule has 0 bridgehead atoms. The van der Waals surface area contributed by atoms with Gasteiger partial charge >= 0.3 is 11.9 Å². The fourth-order valence-corrected chi connectivity index (χ4v) is 3.10. The number of aliphatic carboxylic acids is 2. The number of amides is 2. The lowest BCUT2D eigenvalue weighted by atomic mass is 9.97. The van der Waals surface area contributed by atoms with E-state index in [2.05, 4.69) is 16.0 Å². The maximum Gasteiger partial charge on any atom is 0.326 e. The van der Waals surface area contributed by atoms with E-state index in [1.54, 1.807) is 7.05 Å². The lowest BCUT2D eigenvalue weighted by Crippen LogP contribution is -2.41. The molecule has 0 rings (SSSR count). The van der Waals surface area contributed by atoms with Crippen LogP contribution in [-0.4, -0.2) is 71.2 Å². The van der Waals surface area contributed by atoms with Crippen molar-refractivity contribution >= 4 is 35.3 Å². The number of carbonyl (C=O) groups excluding carboxylic acids is 4. The largest absolute Gasteiger partial charge is 0.481 e. The number of carbonyl (C=O) groups is 6. The summed E-state index contributed by atoms with van der Waals surface area (Å²) in [5.74, 6) is -4.77. The van der Waals surface area contributed by atoms with Crippen molar-refractivity contribution in [1.29, 1.82) is 0 Å². The van der Waals surface area contributed by atoms with Crippen molar-refractivity contribution in [3.05, 3.63) is 0 Å². The first-order chi connectivity index (χ1) is 15.0. The quantitative estimate of drug-likeness (QED) is 0.180. The molecule has 3 atom stereocenters. The predicted molar refractivity (Wildman–Crippen MR) is 115 cm³/mol. The van der Waals surface area contributed by atoms with Crippen LogP contribution in [0.2, 0.25) is 0 Å². The van der Waals surface area contributed by atoms with Gasteiger partial charge in [-0.15, -0.1) is 0 Å². The van der Waals surface area contributed by atoms with Crippen LogP contribution in [0.3, 0.4) is 0 Å². The third-order valence-electron chi connectivity index (χ3n) is 4.98. The molecule has 0 radical (unpaired) electrons. The summed E-state index contributed by atoms with van der Waals surface area (Å²) in [6.07, 6.45) is 1.31. The van der Waals surface area contributed by atoms with Crippen LogP contribution in [0.15, 0.2) is 0 Å². The van der Waals surface area contributed by atoms with Gasteiger partial charge in [-0.3, -0.25) is 19.2 Å². The van der Waals surface area contributed by atoms with Gasteiger partial charge in [0.2, 0.25) is 11.8 Å². The van der Waals surface area contributed by atoms with E-state index in [-0.39, 0.29) is 55.6 Å². The number of unbranched alkanes of at least 4 members (excludes halogenated alkanes) is 1. The molecule has 0 saturated heterocycles. The number of nitrogens with one attached hydrogen (secondary N) is 3. The number of likely N-dealkylation sites (N-methyl/N-ethyl adjacent to an activating group) is 1. The Morgan fingerprint density at radius 2 is 1.41 bits per heavy atom. The zero-order valence-corrected chi connectivity index (χ0v) is 18.9. The van der Waals surface area contributed by atoms with Gasteiger partial charge in [-0.25, -0.2) is 4.79 Å². The maximum atomic E-state index is 12.0. The van der Waals surface area contributed by atoms with E-state index in [9.17, 15) is 33.9 Å². The fourth-order valence-electron chi connectivity index (χ4n) is 3.10. The van der Waals surface area contributed by atoms with Crippen LogP contribution < -0.4 is 16.0 Å². The smallest absolute Gasteiger partial charge is 0.326 e. The second-order valence-corrected chi connectivity index (χ2v) is 7.77. The summed E-state index contributed by atoms with van der Waals surface area (Å²) < 4.78 is 0. The first-order valence-corrected chi connectivity index (χ1v) is 10.7. The van der Waals surface area contributed by atoms with Crippen molar-refractivity contribution in [2.75, 3.05) is 13.6 Å². The molecular formula is C21H35N3O8. The Morgan fingerprint density at radius 3 is 1.91 bits per heavy atom. The Kier molecular flexibility index (Phi) is 14.5. The minimum atomic E-state index is -1.30. The summed E-state index contributed by atoms with van der Waals surface area (Å²) in [7, 11) is 1.71. The van der Waals surface area contributed by atoms with Crippen molar-refractivity contribution in [2.45, 2.75) is 77.3 Å². The van der Waals surface area contributed by atoms with E-state index in [0.29, 0.717) is 19.4 Å². The monoisotopic (exact) mass is 457 g/mol. The lowest BCUT2D eigenvalue weighted by molar-refractivity contribution is -0.145. The first kappa shape index (κ1) is 29.2. The molecule has 0 aliphatic heterocycles. The topological polar surface area (TPSA) is 179 Å². The molecule has 5 N–H and O–H groups in total. The molecule has 0 aromatic heterocycles. The van der Waals surface area contributed by atoms with Gasteiger partial charge in [-0.05, 0) is 53.0 Å². The molecule has 0 fully saturated rings. The van der Waals surface area contributed by atoms with Crippen molar-refractivity contribution in [3.8, 4) is 0 Å². The Labute approximate surface area is 187 Å². The van der Waals surface area contributed by atoms with Gasteiger partial charge in [0.25, 0.3) is 0 Å². The Morgan fingerprint density at radius 1 is 0.781 bits per heavy atom. The van der Waals surface area contributed by atoms with Gasteiger partial charge in [0.15, 0.2) is 0 Å². The Balaban J connectivity index is 4.32. The highest BCUT2D eigenvalue weighted by Crippen LogP contribution is 2.12. The minimum absolute atomic E-state index is 0.0515. The highest BCUT2D eigenvalue weighted by molar-refractivity contribution is 5.85. The number of Topliss-reactive ketones (excluding diaryl/α,β-unsaturated/α-hetero) is 2. The number of hydrogen-bond donors (Lipinski definition) is 5. The molecule has 0 spiro atoms. The molecule has 2 amide bonds. The summed E-state index contributed by atoms with van der Waals surface area (Å²) in [5, 5.41) is 26.2. The van der Waals surface area contributed by atoms with E-state index in [4.69, 9.17) is 5.11 Å². The number of carboxylic acids is 2. The highest BCUT2D eigenvalue weighted by atomic mass is 16.4. The van der Waals surface area contributed by atoms with Crippen molar-refractivity contribution < 1.29 is 39.0 Å². The highest BCUT2D eigenvalue weighted by Gasteiger charge is 2.24. The molecule has 32 heavy (non-hydrogen) atoms. The van der Waals surface area contributed by atoms with Crippen LogP contribution in [0, 0.1) is 5.92 Å². The van der Waals surface area contributed by atoms with Crippen molar-refractivity contribution in [3.63, 3.8) is 0 Å². The van der Waals surface area contributed by atoms with Crippen LogP contribution in [-0.2, 0) is 28.8 Å². The van der Waals surface area contributed by atoms with E-state index in [1.807, 2.05) is 0 Å². The summed E-state index contributed by atoms with van der Waals surface area (Å²) in [4.78, 5) is 68.9. The van der Waals surface area contributed by atoms with E-state index >= 15 is 0 Å². The molecule has 0 aromatic carbocycles. The minimum Gasteiger partial charge on any atom is -0.481 e. The molecule has 11 heteroatoms. The lowest BCUT2D eigenvalue weighted by Gasteiger charge is -2.16. The molecule has 3 unspecified atom stereocenters. The third kappa shape index (κ3) is 13.5. The molecule has 182 valence electrons. The molecule has 0 saturated carbocycles. The number of ketones is 2. The first-order valence-electron chi connectivity index (χ1n) is 10.7. The van der Waals surface area contributed by atoms with Gasteiger partial charge in [0.1, 0.15) is 17.6 Å². The average Bonchev–Trinajstić information content (AvgIpc) is 2.69. The zero-order chi connectivity index (χ0) is 24.7. The predicted octanol–water partition coefficient (Wildman–Crippen LogP) is 0.260.